The van der Waals surface area contributed by atoms with Gasteiger partial charge in [-0.25, -0.2) is 4.39 Å². The number of hydrogen-bond acceptors (Lipinski definition) is 3. The Morgan fingerprint density at radius 2 is 1.69 bits per heavy atom. The predicted molar refractivity (Wildman–Crippen MR) is 138 cm³/mol. The number of ether oxygens (including phenoxy) is 1. The van der Waals surface area contributed by atoms with Crippen molar-refractivity contribution in [2.45, 2.75) is 32.5 Å². The molecule has 0 radical (unpaired) electrons. The van der Waals surface area contributed by atoms with Gasteiger partial charge < -0.3 is 9.64 Å². The van der Waals surface area contributed by atoms with E-state index < -0.39 is 0 Å². The van der Waals surface area contributed by atoms with Crippen molar-refractivity contribution in [3.05, 3.63) is 58.5 Å². The van der Waals surface area contributed by atoms with Gasteiger partial charge in [0.25, 0.3) is 5.91 Å². The summed E-state index contributed by atoms with van der Waals surface area (Å²) in [5.41, 5.74) is 1.08. The highest BCUT2D eigenvalue weighted by molar-refractivity contribution is 14.1. The van der Waals surface area contributed by atoms with Gasteiger partial charge in [-0.3, -0.25) is 9.69 Å². The molecule has 1 heterocycles. The van der Waals surface area contributed by atoms with Gasteiger partial charge in [0.2, 0.25) is 0 Å². The molecule has 2 aromatic carbocycles. The Labute approximate surface area is 212 Å². The Kier molecular flexibility index (Phi) is 8.41. The van der Waals surface area contributed by atoms with Gasteiger partial charge in [0.1, 0.15) is 11.6 Å². The molecule has 8 heteroatoms. The number of carbonyl (C=O) groups is 1. The van der Waals surface area contributed by atoms with Crippen LogP contribution in [0.4, 0.5) is 4.39 Å². The number of amides is 1. The molecule has 0 N–H and O–H groups in total. The van der Waals surface area contributed by atoms with Gasteiger partial charge in [-0.1, -0.05) is 12.1 Å². The van der Waals surface area contributed by atoms with E-state index in [4.69, 9.17) is 4.74 Å². The van der Waals surface area contributed by atoms with Crippen LogP contribution in [0.5, 0.6) is 5.75 Å². The molecule has 0 saturated carbocycles. The van der Waals surface area contributed by atoms with E-state index in [1.54, 1.807) is 0 Å². The Morgan fingerprint density at radius 3 is 2.31 bits per heavy atom. The van der Waals surface area contributed by atoms with E-state index in [0.717, 1.165) is 35.1 Å². The highest BCUT2D eigenvalue weighted by Crippen LogP contribution is 2.29. The highest BCUT2D eigenvalue weighted by Gasteiger charge is 2.32. The monoisotopic (exact) mass is 734 g/mol. The molecule has 29 heavy (non-hydrogen) atoms. The number of halogens is 4. The van der Waals surface area contributed by atoms with Crippen LogP contribution in [0.3, 0.4) is 0 Å². The van der Waals surface area contributed by atoms with E-state index >= 15 is 0 Å². The number of piperazine rings is 1. The second-order valence-electron chi connectivity index (χ2n) is 7.29. The van der Waals surface area contributed by atoms with Crippen LogP contribution >= 0.6 is 67.8 Å². The third kappa shape index (κ3) is 6.16. The lowest BCUT2D eigenvalue weighted by Gasteiger charge is -2.44. The fraction of sp³-hybridized carbons (Fsp3) is 0.381. The SMILES string of the molecule is C[C@@H]1CN(Cc2ccc(F)cc2)[C@@H](C)CN1C(=O)COc1c(I)cc(I)cc1I. The molecule has 0 unspecified atom stereocenters. The summed E-state index contributed by atoms with van der Waals surface area (Å²) in [5.74, 6) is 0.564. The van der Waals surface area contributed by atoms with Gasteiger partial charge in [-0.15, -0.1) is 0 Å². The van der Waals surface area contributed by atoms with Crippen LogP contribution < -0.4 is 4.74 Å². The van der Waals surface area contributed by atoms with Gasteiger partial charge in [-0.05, 0) is 111 Å². The first-order valence-corrected chi connectivity index (χ1v) is 12.5. The van der Waals surface area contributed by atoms with Gasteiger partial charge in [0.15, 0.2) is 6.61 Å². The average Bonchev–Trinajstić information content (AvgIpc) is 2.65. The molecule has 0 aliphatic carbocycles. The first-order chi connectivity index (χ1) is 13.7. The van der Waals surface area contributed by atoms with Crippen molar-refractivity contribution < 1.29 is 13.9 Å². The van der Waals surface area contributed by atoms with Gasteiger partial charge in [-0.2, -0.15) is 0 Å². The molecule has 4 nitrogen and oxygen atoms in total. The van der Waals surface area contributed by atoms with Crippen molar-refractivity contribution in [3.8, 4) is 5.75 Å². The number of benzene rings is 2. The van der Waals surface area contributed by atoms with E-state index in [1.807, 2.05) is 29.2 Å². The Bertz CT molecular complexity index is 856. The lowest BCUT2D eigenvalue weighted by Crippen LogP contribution is -2.58. The minimum atomic E-state index is -0.219. The summed E-state index contributed by atoms with van der Waals surface area (Å²) in [7, 11) is 0. The summed E-state index contributed by atoms with van der Waals surface area (Å²) >= 11 is 6.77. The summed E-state index contributed by atoms with van der Waals surface area (Å²) in [5, 5.41) is 0. The number of nitrogens with zero attached hydrogens (tertiary/aromatic N) is 2. The van der Waals surface area contributed by atoms with Crippen LogP contribution in [-0.2, 0) is 11.3 Å². The molecule has 156 valence electrons. The molecular weight excluding hydrogens is 712 g/mol. The van der Waals surface area contributed by atoms with Crippen LogP contribution in [-0.4, -0.2) is 47.5 Å². The number of rotatable bonds is 5. The zero-order chi connectivity index (χ0) is 21.1. The van der Waals surface area contributed by atoms with Gasteiger partial charge in [0, 0.05) is 35.3 Å². The van der Waals surface area contributed by atoms with Crippen LogP contribution in [0.15, 0.2) is 36.4 Å². The second-order valence-corrected chi connectivity index (χ2v) is 10.9. The molecule has 1 amide bonds. The van der Waals surface area contributed by atoms with Crippen molar-refractivity contribution in [1.82, 2.24) is 9.80 Å². The molecule has 2 atom stereocenters. The molecule has 1 saturated heterocycles. The van der Waals surface area contributed by atoms with Crippen LogP contribution in [0.1, 0.15) is 19.4 Å². The maximum absolute atomic E-state index is 13.1. The minimum absolute atomic E-state index is 0.0101. The first kappa shape index (κ1) is 23.5. The summed E-state index contributed by atoms with van der Waals surface area (Å²) < 4.78 is 22.2. The third-order valence-electron chi connectivity index (χ3n) is 5.04. The largest absolute Gasteiger partial charge is 0.482 e. The molecule has 1 fully saturated rings. The zero-order valence-corrected chi connectivity index (χ0v) is 22.6. The summed E-state index contributed by atoms with van der Waals surface area (Å²) in [6.07, 6.45) is 0. The van der Waals surface area contributed by atoms with Crippen LogP contribution in [0.25, 0.3) is 0 Å². The molecule has 0 aromatic heterocycles. The topological polar surface area (TPSA) is 32.8 Å². The fourth-order valence-corrected chi connectivity index (χ4v) is 7.37. The molecule has 3 rings (SSSR count). The Balaban J connectivity index is 1.59. The van der Waals surface area contributed by atoms with Crippen molar-refractivity contribution in [3.63, 3.8) is 0 Å². The van der Waals surface area contributed by atoms with E-state index in [0.29, 0.717) is 6.54 Å². The quantitative estimate of drug-likeness (QED) is 0.400. The van der Waals surface area contributed by atoms with E-state index in [-0.39, 0.29) is 30.4 Å². The van der Waals surface area contributed by atoms with Crippen molar-refractivity contribution >= 4 is 73.7 Å². The lowest BCUT2D eigenvalue weighted by atomic mass is 10.1. The zero-order valence-electron chi connectivity index (χ0n) is 16.2. The molecule has 0 bridgehead atoms. The molecule has 1 aliphatic heterocycles. The predicted octanol–water partition coefficient (Wildman–Crippen LogP) is 5.14. The highest BCUT2D eigenvalue weighted by atomic mass is 127. The second kappa shape index (κ2) is 10.4. The van der Waals surface area contributed by atoms with E-state index in [9.17, 15) is 9.18 Å². The fourth-order valence-electron chi connectivity index (χ4n) is 3.47. The third-order valence-corrected chi connectivity index (χ3v) is 7.26. The first-order valence-electron chi connectivity index (χ1n) is 9.30. The smallest absolute Gasteiger partial charge is 0.260 e. The summed E-state index contributed by atoms with van der Waals surface area (Å²) in [6.45, 7) is 6.43. The normalized spacial score (nSPS) is 20.0. The van der Waals surface area contributed by atoms with Crippen molar-refractivity contribution in [1.29, 1.82) is 0 Å². The molecular formula is C21H22FI3N2O2. The van der Waals surface area contributed by atoms with Gasteiger partial charge in [0.05, 0.1) is 7.14 Å². The minimum Gasteiger partial charge on any atom is -0.482 e. The lowest BCUT2D eigenvalue weighted by molar-refractivity contribution is -0.139. The van der Waals surface area contributed by atoms with Crippen LogP contribution in [0, 0.1) is 16.5 Å². The maximum Gasteiger partial charge on any atom is 0.260 e. The molecule has 1 aliphatic rings. The summed E-state index contributed by atoms with van der Waals surface area (Å²) in [6, 6.07) is 11.0. The average molecular weight is 734 g/mol. The Hall–Kier alpha value is -0.210. The Morgan fingerprint density at radius 1 is 1.07 bits per heavy atom. The van der Waals surface area contributed by atoms with Crippen molar-refractivity contribution in [2.24, 2.45) is 0 Å². The maximum atomic E-state index is 13.1. The van der Waals surface area contributed by atoms with E-state index in [2.05, 4.69) is 86.5 Å². The van der Waals surface area contributed by atoms with Gasteiger partial charge >= 0.3 is 0 Å². The number of hydrogen-bond donors (Lipinski definition) is 0. The number of carbonyl (C=O) groups excluding carboxylic acids is 1. The van der Waals surface area contributed by atoms with Crippen LogP contribution in [0.2, 0.25) is 0 Å². The molecule has 2 aromatic rings. The van der Waals surface area contributed by atoms with E-state index in [1.165, 1.54) is 12.1 Å². The van der Waals surface area contributed by atoms with Crippen molar-refractivity contribution in [2.75, 3.05) is 19.7 Å². The molecule has 0 spiro atoms. The summed E-state index contributed by atoms with van der Waals surface area (Å²) in [4.78, 5) is 17.1. The standard InChI is InChI=1S/C21H22FI3N2O2/c1-13-10-27(14(2)9-26(13)11-15-3-5-16(22)6-4-15)20(28)12-29-21-18(24)7-17(23)8-19(21)25/h3-8,13-14H,9-12H2,1-2H3/t13-,14+/m0/s1.